The summed E-state index contributed by atoms with van der Waals surface area (Å²) in [4.78, 5) is 17.7. The van der Waals surface area contributed by atoms with Crippen LogP contribution in [0.2, 0.25) is 0 Å². The van der Waals surface area contributed by atoms with Gasteiger partial charge in [-0.25, -0.2) is 0 Å². The summed E-state index contributed by atoms with van der Waals surface area (Å²) in [6.07, 6.45) is 2.50. The van der Waals surface area contributed by atoms with Crippen LogP contribution in [-0.2, 0) is 9.53 Å². The number of likely N-dealkylation sites (tertiary alicyclic amines) is 1. The van der Waals surface area contributed by atoms with Crippen molar-refractivity contribution in [1.82, 2.24) is 9.80 Å². The zero-order valence-electron chi connectivity index (χ0n) is 16.1. The number of ether oxygens (including phenoxy) is 2. The summed E-state index contributed by atoms with van der Waals surface area (Å²) in [5.41, 5.74) is 1.28. The fraction of sp³-hybridized carbons (Fsp3) is 0.667. The third-order valence-corrected chi connectivity index (χ3v) is 6.38. The molecule has 4 fully saturated rings. The smallest absolute Gasteiger partial charge is 0.248 e. The number of hydrogen-bond acceptors (Lipinski definition) is 4. The van der Waals surface area contributed by atoms with Crippen LogP contribution in [0.25, 0.3) is 0 Å². The Kier molecular flexibility index (Phi) is 4.93. The number of hydrogen-bond donors (Lipinski definition) is 0. The number of fused-ring (bicyclic) bond motifs is 2. The average Bonchev–Trinajstić information content (AvgIpc) is 3.10. The summed E-state index contributed by atoms with van der Waals surface area (Å²) in [7, 11) is 1.71. The Morgan fingerprint density at radius 3 is 2.69 bits per heavy atom. The van der Waals surface area contributed by atoms with Crippen LogP contribution in [-0.4, -0.2) is 67.2 Å². The van der Waals surface area contributed by atoms with Gasteiger partial charge in [0.1, 0.15) is 12.4 Å². The minimum absolute atomic E-state index is 0.0816. The molecule has 0 aliphatic carbocycles. The van der Waals surface area contributed by atoms with Crippen LogP contribution >= 0.6 is 0 Å². The highest BCUT2D eigenvalue weighted by atomic mass is 16.5. The third kappa shape index (κ3) is 3.12. The van der Waals surface area contributed by atoms with E-state index >= 15 is 0 Å². The first-order valence-electron chi connectivity index (χ1n) is 9.87. The molecule has 4 heterocycles. The zero-order chi connectivity index (χ0) is 18.3. The van der Waals surface area contributed by atoms with E-state index in [4.69, 9.17) is 9.47 Å². The normalized spacial score (nSPS) is 32.8. The Morgan fingerprint density at radius 2 is 2.00 bits per heavy atom. The van der Waals surface area contributed by atoms with Crippen molar-refractivity contribution >= 4 is 5.91 Å². The molecule has 0 aromatic heterocycles. The fourth-order valence-electron chi connectivity index (χ4n) is 5.19. The maximum atomic E-state index is 12.9. The zero-order valence-corrected chi connectivity index (χ0v) is 16.1. The van der Waals surface area contributed by atoms with E-state index in [1.54, 1.807) is 7.11 Å². The van der Waals surface area contributed by atoms with E-state index < -0.39 is 0 Å². The summed E-state index contributed by atoms with van der Waals surface area (Å²) >= 11 is 0. The van der Waals surface area contributed by atoms with Gasteiger partial charge in [0.05, 0.1) is 19.3 Å². The molecular weight excluding hydrogens is 328 g/mol. The molecule has 4 aliphatic heterocycles. The third-order valence-electron chi connectivity index (χ3n) is 6.38. The first-order chi connectivity index (χ1) is 12.6. The topological polar surface area (TPSA) is 42.0 Å². The van der Waals surface area contributed by atoms with Crippen molar-refractivity contribution in [3.05, 3.63) is 29.8 Å². The summed E-state index contributed by atoms with van der Waals surface area (Å²) in [6.45, 7) is 7.27. The van der Waals surface area contributed by atoms with Crippen LogP contribution in [0.5, 0.6) is 5.75 Å². The van der Waals surface area contributed by atoms with Crippen LogP contribution in [0.15, 0.2) is 24.3 Å². The lowest BCUT2D eigenvalue weighted by atomic mass is 9.75. The predicted molar refractivity (Wildman–Crippen MR) is 100 cm³/mol. The van der Waals surface area contributed by atoms with Crippen molar-refractivity contribution in [2.24, 2.45) is 5.92 Å². The van der Waals surface area contributed by atoms with Gasteiger partial charge in [-0.15, -0.1) is 0 Å². The van der Waals surface area contributed by atoms with Crippen molar-refractivity contribution in [2.45, 2.75) is 50.8 Å². The molecule has 5 heteroatoms. The van der Waals surface area contributed by atoms with Crippen LogP contribution in [0, 0.1) is 5.92 Å². The number of amides is 1. The Morgan fingerprint density at radius 1 is 1.23 bits per heavy atom. The lowest BCUT2D eigenvalue weighted by Crippen LogP contribution is -2.61. The maximum absolute atomic E-state index is 12.9. The van der Waals surface area contributed by atoms with Crippen LogP contribution < -0.4 is 4.74 Å². The second-order valence-electron chi connectivity index (χ2n) is 8.14. The van der Waals surface area contributed by atoms with E-state index in [0.29, 0.717) is 23.9 Å². The van der Waals surface area contributed by atoms with Gasteiger partial charge in [-0.2, -0.15) is 0 Å². The van der Waals surface area contributed by atoms with Gasteiger partial charge in [-0.1, -0.05) is 12.1 Å². The highest BCUT2D eigenvalue weighted by Gasteiger charge is 2.54. The minimum atomic E-state index is 0.0816. The number of nitrogens with zero attached hydrogens (tertiary/aromatic N) is 2. The summed E-state index contributed by atoms with van der Waals surface area (Å²) < 4.78 is 11.1. The van der Waals surface area contributed by atoms with Gasteiger partial charge in [0.15, 0.2) is 0 Å². The van der Waals surface area contributed by atoms with Crippen molar-refractivity contribution in [1.29, 1.82) is 0 Å². The van der Waals surface area contributed by atoms with E-state index in [-0.39, 0.29) is 18.6 Å². The van der Waals surface area contributed by atoms with Crippen molar-refractivity contribution in [3.63, 3.8) is 0 Å². The maximum Gasteiger partial charge on any atom is 0.248 e. The average molecular weight is 358 g/mol. The van der Waals surface area contributed by atoms with Gasteiger partial charge in [0, 0.05) is 18.5 Å². The molecular formula is C21H30N2O3. The molecule has 4 aliphatic rings. The van der Waals surface area contributed by atoms with Gasteiger partial charge < -0.3 is 14.4 Å². The Hall–Kier alpha value is -1.59. The number of carbonyl (C=O) groups excluding carboxylic acids is 1. The highest BCUT2D eigenvalue weighted by molar-refractivity contribution is 5.78. The van der Waals surface area contributed by atoms with Crippen molar-refractivity contribution < 1.29 is 14.3 Å². The molecule has 1 amide bonds. The molecule has 0 unspecified atom stereocenters. The first kappa shape index (κ1) is 17.8. The fourth-order valence-corrected chi connectivity index (χ4v) is 5.19. The predicted octanol–water partition coefficient (Wildman–Crippen LogP) is 2.51. The van der Waals surface area contributed by atoms with Crippen molar-refractivity contribution in [3.8, 4) is 5.75 Å². The molecule has 26 heavy (non-hydrogen) atoms. The highest BCUT2D eigenvalue weighted by Crippen LogP contribution is 2.46. The monoisotopic (exact) mass is 358 g/mol. The quantitative estimate of drug-likeness (QED) is 0.811. The molecule has 0 spiro atoms. The molecule has 142 valence electrons. The molecule has 5 nitrogen and oxygen atoms in total. The summed E-state index contributed by atoms with van der Waals surface area (Å²) in [5.74, 6) is 2.01. The Bertz CT molecular complexity index is 654. The van der Waals surface area contributed by atoms with E-state index in [2.05, 4.69) is 28.0 Å². The van der Waals surface area contributed by atoms with Crippen LogP contribution in [0.1, 0.15) is 38.2 Å². The molecule has 4 saturated heterocycles. The van der Waals surface area contributed by atoms with E-state index in [0.717, 1.165) is 25.4 Å². The van der Waals surface area contributed by atoms with Gasteiger partial charge in [-0.05, 0) is 63.4 Å². The Labute approximate surface area is 156 Å². The summed E-state index contributed by atoms with van der Waals surface area (Å²) in [6, 6.07) is 9.14. The van der Waals surface area contributed by atoms with Gasteiger partial charge in [0.2, 0.25) is 5.91 Å². The summed E-state index contributed by atoms with van der Waals surface area (Å²) in [5, 5.41) is 0. The number of rotatable bonds is 5. The second-order valence-corrected chi connectivity index (χ2v) is 8.14. The molecule has 5 rings (SSSR count). The van der Waals surface area contributed by atoms with E-state index in [1.165, 1.54) is 18.4 Å². The van der Waals surface area contributed by atoms with Crippen molar-refractivity contribution in [2.75, 3.05) is 33.4 Å². The number of carbonyl (C=O) groups is 1. The molecule has 0 saturated carbocycles. The molecule has 0 N–H and O–H groups in total. The first-order valence-corrected chi connectivity index (χ1v) is 9.87. The Balaban J connectivity index is 1.62. The van der Waals surface area contributed by atoms with E-state index in [1.807, 2.05) is 19.9 Å². The number of piperidine rings is 3. The molecule has 3 atom stereocenters. The molecule has 0 radical (unpaired) electrons. The van der Waals surface area contributed by atoms with Crippen LogP contribution in [0.3, 0.4) is 0 Å². The van der Waals surface area contributed by atoms with Crippen LogP contribution in [0.4, 0.5) is 0 Å². The molecule has 2 bridgehead atoms. The largest absolute Gasteiger partial charge is 0.497 e. The van der Waals surface area contributed by atoms with Gasteiger partial charge >= 0.3 is 0 Å². The molecule has 1 aromatic carbocycles. The van der Waals surface area contributed by atoms with Gasteiger partial charge in [0.25, 0.3) is 0 Å². The second kappa shape index (κ2) is 7.20. The number of benzene rings is 1. The lowest BCUT2D eigenvalue weighted by molar-refractivity contribution is -0.142. The lowest BCUT2D eigenvalue weighted by Gasteiger charge is -2.51. The number of methoxy groups -OCH3 is 1. The van der Waals surface area contributed by atoms with Gasteiger partial charge in [-0.3, -0.25) is 9.69 Å². The SMILES string of the molecule is COc1cccc([C@H]2CN(C(=O)COC(C)C)[C@H]3C4CCN(CC4)[C@@H]23)c1. The van der Waals surface area contributed by atoms with E-state index in [9.17, 15) is 4.79 Å². The molecule has 1 aromatic rings. The standard InChI is InChI=1S/C21H30N2O3/c1-14(2)26-13-19(24)23-12-18(16-5-4-6-17(11-16)25-3)21-20(23)15-7-9-22(21)10-8-15/h4-6,11,14-15,18,20-21H,7-10,12-13H2,1-3H3/t18-,20+,21+/m1/s1. The minimum Gasteiger partial charge on any atom is -0.497 e.